The Morgan fingerprint density at radius 2 is 0.740 bits per heavy atom. The average Bonchev–Trinajstić information content (AvgIpc) is 3.40. The second kappa shape index (κ2) is 57.3. The van der Waals surface area contributed by atoms with E-state index in [0.717, 1.165) is 128 Å². The highest BCUT2D eigenvalue weighted by molar-refractivity contribution is 5.71. The summed E-state index contributed by atoms with van der Waals surface area (Å²) in [6.07, 6.45) is 80.7. The molecule has 0 fully saturated rings. The summed E-state index contributed by atoms with van der Waals surface area (Å²) in [6, 6.07) is 0. The lowest BCUT2D eigenvalue weighted by Crippen LogP contribution is -2.40. The minimum Gasteiger partial charge on any atom is -0.477 e. The monoisotopic (exact) mass is 1070 g/mol. The Morgan fingerprint density at radius 3 is 1.10 bits per heavy atom. The van der Waals surface area contributed by atoms with Gasteiger partial charge in [-0.1, -0.05) is 217 Å². The highest BCUT2D eigenvalue weighted by atomic mass is 16.7. The van der Waals surface area contributed by atoms with E-state index in [1.807, 2.05) is 21.1 Å². The lowest BCUT2D eigenvalue weighted by Gasteiger charge is -2.25. The molecule has 77 heavy (non-hydrogen) atoms. The molecule has 0 bridgehead atoms. The predicted octanol–water partition coefficient (Wildman–Crippen LogP) is 18.0. The summed E-state index contributed by atoms with van der Waals surface area (Å²) in [4.78, 5) is 37.4. The molecule has 9 heteroatoms. The number of rotatable bonds is 53. The molecule has 434 valence electrons. The fraction of sp³-hybridized carbons (Fsp3) is 0.603. The van der Waals surface area contributed by atoms with Gasteiger partial charge < -0.3 is 28.5 Å². The van der Waals surface area contributed by atoms with Gasteiger partial charge in [-0.3, -0.25) is 9.59 Å². The molecule has 0 aliphatic carbocycles. The third kappa shape index (κ3) is 58.7. The van der Waals surface area contributed by atoms with Crippen LogP contribution in [0.25, 0.3) is 0 Å². The Kier molecular flexibility index (Phi) is 53.8. The molecule has 0 aromatic heterocycles. The molecule has 0 aliphatic rings. The largest absolute Gasteiger partial charge is 0.477 e. The first-order chi connectivity index (χ1) is 37.6. The molecule has 0 heterocycles. The summed E-state index contributed by atoms with van der Waals surface area (Å²) >= 11 is 0. The van der Waals surface area contributed by atoms with Gasteiger partial charge in [-0.05, 0) is 122 Å². The van der Waals surface area contributed by atoms with Crippen molar-refractivity contribution in [2.45, 2.75) is 219 Å². The molecule has 0 saturated carbocycles. The number of carboxylic acid groups (broad SMARTS) is 1. The highest BCUT2D eigenvalue weighted by Gasteiger charge is 2.25. The van der Waals surface area contributed by atoms with Gasteiger partial charge in [-0.15, -0.1) is 0 Å². The number of nitrogens with zero attached hydrogens (tertiary/aromatic N) is 1. The molecule has 2 unspecified atom stereocenters. The van der Waals surface area contributed by atoms with E-state index < -0.39 is 24.3 Å². The second-order valence-electron chi connectivity index (χ2n) is 20.6. The van der Waals surface area contributed by atoms with E-state index in [0.29, 0.717) is 17.4 Å². The number of allylic oxidation sites excluding steroid dienone is 24. The van der Waals surface area contributed by atoms with Crippen LogP contribution in [0.15, 0.2) is 146 Å². The fourth-order valence-corrected chi connectivity index (χ4v) is 7.48. The third-order valence-electron chi connectivity index (χ3n) is 12.1. The highest BCUT2D eigenvalue weighted by Crippen LogP contribution is 2.13. The first-order valence-electron chi connectivity index (χ1n) is 30.0. The summed E-state index contributed by atoms with van der Waals surface area (Å²) in [7, 11) is 5.94. The molecule has 1 N–H and O–H groups in total. The summed E-state index contributed by atoms with van der Waals surface area (Å²) in [5.74, 6) is -2.07. The molecule has 0 aromatic rings. The lowest BCUT2D eigenvalue weighted by atomic mass is 10.1. The van der Waals surface area contributed by atoms with E-state index in [4.69, 9.17) is 18.9 Å². The fourth-order valence-electron chi connectivity index (χ4n) is 7.48. The average molecular weight is 1070 g/mol. The lowest BCUT2D eigenvalue weighted by molar-refractivity contribution is -0.870. The Labute approximate surface area is 471 Å². The van der Waals surface area contributed by atoms with Crippen LogP contribution in [-0.2, 0) is 33.3 Å². The van der Waals surface area contributed by atoms with Crippen molar-refractivity contribution >= 4 is 17.9 Å². The molecule has 0 aliphatic heterocycles. The van der Waals surface area contributed by atoms with Gasteiger partial charge in [0, 0.05) is 12.8 Å². The number of hydrogen-bond donors (Lipinski definition) is 1. The summed E-state index contributed by atoms with van der Waals surface area (Å²) < 4.78 is 22.8. The Morgan fingerprint density at radius 1 is 0.403 bits per heavy atom. The van der Waals surface area contributed by atoms with Crippen LogP contribution in [0.3, 0.4) is 0 Å². The normalized spacial score (nSPS) is 13.8. The van der Waals surface area contributed by atoms with Gasteiger partial charge in [-0.25, -0.2) is 4.79 Å². The van der Waals surface area contributed by atoms with E-state index in [1.165, 1.54) is 44.9 Å². The van der Waals surface area contributed by atoms with Gasteiger partial charge >= 0.3 is 17.9 Å². The zero-order valence-electron chi connectivity index (χ0n) is 49.3. The maximum absolute atomic E-state index is 12.9. The van der Waals surface area contributed by atoms with Crippen molar-refractivity contribution in [2.75, 3.05) is 47.5 Å². The number of likely N-dealkylation sites (N-methyl/N-ethyl adjacent to an activating group) is 1. The number of aliphatic carboxylic acids is 1. The van der Waals surface area contributed by atoms with Gasteiger partial charge in [-0.2, -0.15) is 0 Å². The standard InChI is InChI=1S/C68H109NO8/c1-6-8-10-12-14-16-18-20-22-24-25-26-27-28-29-30-31-32-33-34-35-36-37-38-39-40-41-43-45-47-49-51-53-55-57-59-66(71)77-64(63-76-68(67(72)73)74-61-60-69(3,4)5)62-75-65(70)58-56-54-52-50-48-46-44-42-23-21-19-17-15-13-11-9-7-2/h8,10,14-17,20-23,25-26,28-29,31-32,34-35,37-38,40-41,45,47,64,68H,6-7,9,11-13,18-19,24,27,30,33,36,39,42-44,46,48-63H2,1-5H3/p+1/b10-8-,16-14-,17-15-,22-20-,23-21-,26-25-,29-28-,32-31-,35-34-,38-37-,41-40-,47-45-. The van der Waals surface area contributed by atoms with Crippen molar-refractivity contribution in [2.24, 2.45) is 0 Å². The van der Waals surface area contributed by atoms with Crippen LogP contribution in [0, 0.1) is 0 Å². The quantitative estimate of drug-likeness (QED) is 0.0211. The number of carbonyl (C=O) groups excluding carboxylic acids is 2. The van der Waals surface area contributed by atoms with Crippen LogP contribution in [0.2, 0.25) is 0 Å². The molecule has 0 saturated heterocycles. The van der Waals surface area contributed by atoms with E-state index in [9.17, 15) is 19.5 Å². The van der Waals surface area contributed by atoms with Crippen molar-refractivity contribution in [3.05, 3.63) is 146 Å². The minimum atomic E-state index is -1.53. The third-order valence-corrected chi connectivity index (χ3v) is 12.1. The molecule has 2 atom stereocenters. The molecule has 0 amide bonds. The molecular weight excluding hydrogens is 959 g/mol. The molecule has 9 nitrogen and oxygen atoms in total. The molecule has 0 aromatic carbocycles. The van der Waals surface area contributed by atoms with E-state index >= 15 is 0 Å². The number of unbranched alkanes of at least 4 members (excludes halogenated alkanes) is 14. The smallest absolute Gasteiger partial charge is 0.361 e. The number of carbonyl (C=O) groups is 3. The number of ether oxygens (including phenoxy) is 4. The van der Waals surface area contributed by atoms with Crippen LogP contribution in [0.1, 0.15) is 206 Å². The van der Waals surface area contributed by atoms with Crippen molar-refractivity contribution in [3.63, 3.8) is 0 Å². The Balaban J connectivity index is 4.32. The van der Waals surface area contributed by atoms with Gasteiger partial charge in [0.2, 0.25) is 0 Å². The van der Waals surface area contributed by atoms with Crippen LogP contribution >= 0.6 is 0 Å². The van der Waals surface area contributed by atoms with Crippen molar-refractivity contribution in [3.8, 4) is 0 Å². The first-order valence-corrected chi connectivity index (χ1v) is 30.0. The maximum Gasteiger partial charge on any atom is 0.361 e. The number of hydrogen-bond acceptors (Lipinski definition) is 7. The number of esters is 2. The van der Waals surface area contributed by atoms with Gasteiger partial charge in [0.1, 0.15) is 13.2 Å². The van der Waals surface area contributed by atoms with Crippen LogP contribution in [0.5, 0.6) is 0 Å². The molecule has 0 rings (SSSR count). The van der Waals surface area contributed by atoms with E-state index in [1.54, 1.807) is 0 Å². The van der Waals surface area contributed by atoms with E-state index in [-0.39, 0.29) is 38.6 Å². The maximum atomic E-state index is 12.9. The number of quaternary nitrogens is 1. The SMILES string of the molecule is CC/C=C\C/C=C\C/C=C\C/C=C\C/C=C\C/C=C\C/C=C\C/C=C\C/C=C\C/C=C\CCCCCCC(=O)OC(COC(=O)CCCCCCCCC/C=C\C/C=C\CCCCC)COC(OCC[N+](C)(C)C)C(=O)O. The van der Waals surface area contributed by atoms with Gasteiger partial charge in [0.25, 0.3) is 6.29 Å². The molecule has 0 spiro atoms. The minimum absolute atomic E-state index is 0.173. The summed E-state index contributed by atoms with van der Waals surface area (Å²) in [5.41, 5.74) is 0. The van der Waals surface area contributed by atoms with Crippen LogP contribution < -0.4 is 0 Å². The predicted molar refractivity (Wildman–Crippen MR) is 327 cm³/mol. The topological polar surface area (TPSA) is 108 Å². The second-order valence-corrected chi connectivity index (χ2v) is 20.6. The number of carboxylic acids is 1. The Hall–Kier alpha value is -4.83. The summed E-state index contributed by atoms with van der Waals surface area (Å²) in [6.45, 7) is 4.67. The summed E-state index contributed by atoms with van der Waals surface area (Å²) in [5, 5.41) is 9.70. The molecular formula is C68H110NO8+. The van der Waals surface area contributed by atoms with Crippen LogP contribution in [-0.4, -0.2) is 87.4 Å². The van der Waals surface area contributed by atoms with Crippen molar-refractivity contribution in [1.29, 1.82) is 0 Å². The zero-order chi connectivity index (χ0) is 56.2. The zero-order valence-corrected chi connectivity index (χ0v) is 49.3. The first kappa shape index (κ1) is 72.2. The molecule has 0 radical (unpaired) electrons. The van der Waals surface area contributed by atoms with Gasteiger partial charge in [0.05, 0.1) is 34.4 Å². The van der Waals surface area contributed by atoms with Crippen molar-refractivity contribution in [1.82, 2.24) is 0 Å². The van der Waals surface area contributed by atoms with Crippen LogP contribution in [0.4, 0.5) is 0 Å². The van der Waals surface area contributed by atoms with Crippen molar-refractivity contribution < 1.29 is 42.9 Å². The Bertz CT molecular complexity index is 1770. The van der Waals surface area contributed by atoms with Gasteiger partial charge in [0.15, 0.2) is 6.10 Å². The van der Waals surface area contributed by atoms with E-state index in [2.05, 4.69) is 160 Å².